The molecule has 2 aromatic carbocycles. The second-order valence-electron chi connectivity index (χ2n) is 4.79. The number of carbonyl (C=O) groups excluding carboxylic acids is 1. The maximum atomic E-state index is 13.9. The van der Waals surface area contributed by atoms with Crippen molar-refractivity contribution >= 4 is 11.6 Å². The Morgan fingerprint density at radius 1 is 1.10 bits per heavy atom. The summed E-state index contributed by atoms with van der Waals surface area (Å²) in [5, 5.41) is 12.5. The van der Waals surface area contributed by atoms with Gasteiger partial charge in [-0.1, -0.05) is 18.2 Å². The number of nitrogens with one attached hydrogen (secondary N) is 1. The largest absolute Gasteiger partial charge is 0.507 e. The van der Waals surface area contributed by atoms with Crippen LogP contribution in [0.5, 0.6) is 5.75 Å². The summed E-state index contributed by atoms with van der Waals surface area (Å²) in [4.78, 5) is 12.1. The monoisotopic (exact) mass is 273 g/mol. The maximum absolute atomic E-state index is 13.9. The molecule has 4 heteroatoms. The fourth-order valence-corrected chi connectivity index (χ4v) is 1.98. The van der Waals surface area contributed by atoms with Crippen molar-refractivity contribution in [3.8, 4) is 5.75 Å². The van der Waals surface area contributed by atoms with E-state index in [1.54, 1.807) is 45.0 Å². The van der Waals surface area contributed by atoms with E-state index in [1.165, 1.54) is 6.07 Å². The van der Waals surface area contributed by atoms with Crippen molar-refractivity contribution in [3.05, 3.63) is 58.4 Å². The van der Waals surface area contributed by atoms with Gasteiger partial charge in [-0.2, -0.15) is 0 Å². The zero-order chi connectivity index (χ0) is 14.9. The van der Waals surface area contributed by atoms with Gasteiger partial charge in [-0.15, -0.1) is 0 Å². The van der Waals surface area contributed by atoms with E-state index in [2.05, 4.69) is 5.32 Å². The van der Waals surface area contributed by atoms with Crippen molar-refractivity contribution in [2.75, 3.05) is 5.32 Å². The molecule has 0 bridgehead atoms. The zero-order valence-electron chi connectivity index (χ0n) is 11.6. The lowest BCUT2D eigenvalue weighted by molar-refractivity contribution is 0.102. The van der Waals surface area contributed by atoms with Gasteiger partial charge >= 0.3 is 0 Å². The van der Waals surface area contributed by atoms with Crippen LogP contribution in [0.25, 0.3) is 0 Å². The Kier molecular flexibility index (Phi) is 3.74. The van der Waals surface area contributed by atoms with Crippen molar-refractivity contribution in [1.29, 1.82) is 0 Å². The summed E-state index contributed by atoms with van der Waals surface area (Å²) in [6.07, 6.45) is 0. The van der Waals surface area contributed by atoms with E-state index < -0.39 is 11.7 Å². The highest BCUT2D eigenvalue weighted by molar-refractivity contribution is 6.05. The van der Waals surface area contributed by atoms with Crippen LogP contribution in [0.2, 0.25) is 0 Å². The van der Waals surface area contributed by atoms with E-state index in [4.69, 9.17) is 0 Å². The molecule has 0 aliphatic rings. The van der Waals surface area contributed by atoms with Crippen LogP contribution in [-0.4, -0.2) is 11.0 Å². The van der Waals surface area contributed by atoms with Crippen molar-refractivity contribution < 1.29 is 14.3 Å². The first-order chi connectivity index (χ1) is 9.41. The molecule has 0 spiro atoms. The SMILES string of the molecule is Cc1ccc(NC(=O)c2cccc(C)c2F)c(C)c1O. The number of rotatable bonds is 2. The normalized spacial score (nSPS) is 10.4. The number of aromatic hydroxyl groups is 1. The number of aryl methyl sites for hydroxylation is 2. The van der Waals surface area contributed by atoms with Gasteiger partial charge in [0, 0.05) is 11.3 Å². The Morgan fingerprint density at radius 3 is 2.50 bits per heavy atom. The summed E-state index contributed by atoms with van der Waals surface area (Å²) >= 11 is 0. The molecule has 0 radical (unpaired) electrons. The number of benzene rings is 2. The lowest BCUT2D eigenvalue weighted by Crippen LogP contribution is -2.15. The predicted molar refractivity (Wildman–Crippen MR) is 76.7 cm³/mol. The molecule has 20 heavy (non-hydrogen) atoms. The quantitative estimate of drug-likeness (QED) is 0.876. The fraction of sp³-hybridized carbons (Fsp3) is 0.188. The van der Waals surface area contributed by atoms with E-state index in [1.807, 2.05) is 0 Å². The lowest BCUT2D eigenvalue weighted by atomic mass is 10.1. The van der Waals surface area contributed by atoms with Gasteiger partial charge in [-0.3, -0.25) is 4.79 Å². The molecule has 0 aromatic heterocycles. The van der Waals surface area contributed by atoms with Crippen molar-refractivity contribution in [2.24, 2.45) is 0 Å². The summed E-state index contributed by atoms with van der Waals surface area (Å²) in [6, 6.07) is 8.06. The van der Waals surface area contributed by atoms with Gasteiger partial charge in [-0.25, -0.2) is 4.39 Å². The van der Waals surface area contributed by atoms with Crippen LogP contribution in [0.1, 0.15) is 27.0 Å². The molecule has 0 atom stereocenters. The smallest absolute Gasteiger partial charge is 0.258 e. The Hall–Kier alpha value is -2.36. The molecule has 2 aromatic rings. The van der Waals surface area contributed by atoms with Crippen LogP contribution >= 0.6 is 0 Å². The van der Waals surface area contributed by atoms with Crippen LogP contribution in [0.15, 0.2) is 30.3 Å². The molecule has 0 aliphatic heterocycles. The maximum Gasteiger partial charge on any atom is 0.258 e. The minimum absolute atomic E-state index is 0.00975. The minimum atomic E-state index is -0.530. The average Bonchev–Trinajstić information content (AvgIpc) is 2.42. The van der Waals surface area contributed by atoms with Gasteiger partial charge in [0.1, 0.15) is 11.6 Å². The molecule has 3 nitrogen and oxygen atoms in total. The third kappa shape index (κ3) is 2.50. The molecule has 0 heterocycles. The molecule has 0 unspecified atom stereocenters. The second kappa shape index (κ2) is 5.33. The van der Waals surface area contributed by atoms with Crippen molar-refractivity contribution in [1.82, 2.24) is 0 Å². The van der Waals surface area contributed by atoms with Gasteiger partial charge in [-0.05, 0) is 44.0 Å². The van der Waals surface area contributed by atoms with Crippen LogP contribution in [0, 0.1) is 26.6 Å². The van der Waals surface area contributed by atoms with Gasteiger partial charge in [0.15, 0.2) is 0 Å². The van der Waals surface area contributed by atoms with E-state index in [-0.39, 0.29) is 11.3 Å². The average molecular weight is 273 g/mol. The van der Waals surface area contributed by atoms with Gasteiger partial charge in [0.05, 0.1) is 5.56 Å². The molecular weight excluding hydrogens is 257 g/mol. The van der Waals surface area contributed by atoms with E-state index in [0.717, 1.165) is 5.56 Å². The first-order valence-corrected chi connectivity index (χ1v) is 6.27. The molecule has 2 rings (SSSR count). The fourth-order valence-electron chi connectivity index (χ4n) is 1.98. The van der Waals surface area contributed by atoms with Crippen LogP contribution in [0.3, 0.4) is 0 Å². The molecule has 0 saturated carbocycles. The molecule has 1 amide bonds. The molecule has 2 N–H and O–H groups in total. The molecule has 0 aliphatic carbocycles. The third-order valence-corrected chi connectivity index (χ3v) is 3.32. The van der Waals surface area contributed by atoms with Crippen LogP contribution in [0.4, 0.5) is 10.1 Å². The second-order valence-corrected chi connectivity index (χ2v) is 4.79. The summed E-state index contributed by atoms with van der Waals surface area (Å²) < 4.78 is 13.9. The summed E-state index contributed by atoms with van der Waals surface area (Å²) in [7, 11) is 0. The highest BCUT2D eigenvalue weighted by Crippen LogP contribution is 2.28. The first-order valence-electron chi connectivity index (χ1n) is 6.27. The van der Waals surface area contributed by atoms with E-state index in [0.29, 0.717) is 16.8 Å². The standard InChI is InChI=1S/C16H16FNO2/c1-9-5-4-6-12(14(9)17)16(20)18-13-8-7-10(2)15(19)11(13)3/h4-8,19H,1-3H3,(H,18,20). The molecule has 104 valence electrons. The number of hydrogen-bond donors (Lipinski definition) is 2. The highest BCUT2D eigenvalue weighted by atomic mass is 19.1. The predicted octanol–water partition coefficient (Wildman–Crippen LogP) is 3.71. The third-order valence-electron chi connectivity index (χ3n) is 3.32. The topological polar surface area (TPSA) is 49.3 Å². The van der Waals surface area contributed by atoms with Gasteiger partial charge in [0.25, 0.3) is 5.91 Å². The first kappa shape index (κ1) is 14.1. The Labute approximate surface area is 117 Å². The Morgan fingerprint density at radius 2 is 1.80 bits per heavy atom. The van der Waals surface area contributed by atoms with Crippen LogP contribution in [-0.2, 0) is 0 Å². The number of phenolic OH excluding ortho intramolecular Hbond substituents is 1. The number of halogens is 1. The van der Waals surface area contributed by atoms with E-state index in [9.17, 15) is 14.3 Å². The molecule has 0 fully saturated rings. The lowest BCUT2D eigenvalue weighted by Gasteiger charge is -2.12. The van der Waals surface area contributed by atoms with Gasteiger partial charge < -0.3 is 10.4 Å². The zero-order valence-corrected chi connectivity index (χ0v) is 11.6. The number of anilines is 1. The van der Waals surface area contributed by atoms with E-state index >= 15 is 0 Å². The summed E-state index contributed by atoms with van der Waals surface area (Å²) in [5.74, 6) is -0.927. The number of amides is 1. The van der Waals surface area contributed by atoms with Crippen molar-refractivity contribution in [3.63, 3.8) is 0 Å². The number of phenols is 1. The summed E-state index contributed by atoms with van der Waals surface area (Å²) in [5.41, 5.74) is 2.17. The van der Waals surface area contributed by atoms with Crippen molar-refractivity contribution in [2.45, 2.75) is 20.8 Å². The minimum Gasteiger partial charge on any atom is -0.507 e. The van der Waals surface area contributed by atoms with Gasteiger partial charge in [0.2, 0.25) is 0 Å². The summed E-state index contributed by atoms with van der Waals surface area (Å²) in [6.45, 7) is 5.08. The van der Waals surface area contributed by atoms with Crippen LogP contribution < -0.4 is 5.32 Å². The number of carbonyl (C=O) groups is 1. The molecule has 0 saturated heterocycles. The highest BCUT2D eigenvalue weighted by Gasteiger charge is 2.15. The Balaban J connectivity index is 2.33. The number of hydrogen-bond acceptors (Lipinski definition) is 2. The Bertz CT molecular complexity index is 680. The molecular formula is C16H16FNO2.